The Labute approximate surface area is 143 Å². The van der Waals surface area contributed by atoms with Gasteiger partial charge in [-0.1, -0.05) is 6.92 Å². The van der Waals surface area contributed by atoms with Gasteiger partial charge < -0.3 is 24.6 Å². The molecule has 0 unspecified atom stereocenters. The zero-order chi connectivity index (χ0) is 16.2. The van der Waals surface area contributed by atoms with Crippen molar-refractivity contribution in [3.05, 3.63) is 23.8 Å². The van der Waals surface area contributed by atoms with Gasteiger partial charge in [0.15, 0.2) is 16.6 Å². The monoisotopic (exact) mass is 336 g/mol. The Kier molecular flexibility index (Phi) is 5.23. The Morgan fingerprint density at radius 3 is 2.78 bits per heavy atom. The van der Waals surface area contributed by atoms with Crippen LogP contribution in [0.2, 0.25) is 0 Å². The molecule has 1 fully saturated rings. The molecule has 3 rings (SSSR count). The van der Waals surface area contributed by atoms with Crippen LogP contribution >= 0.6 is 12.2 Å². The fourth-order valence-corrected chi connectivity index (χ4v) is 3.33. The highest BCUT2D eigenvalue weighted by Crippen LogP contribution is 2.32. The van der Waals surface area contributed by atoms with Crippen molar-refractivity contribution < 1.29 is 14.4 Å². The molecule has 126 valence electrons. The summed E-state index contributed by atoms with van der Waals surface area (Å²) in [6, 6.07) is 6.71. The quantitative estimate of drug-likeness (QED) is 0.796. The van der Waals surface area contributed by atoms with Gasteiger partial charge in [-0.25, -0.2) is 0 Å². The number of ether oxygens (including phenoxy) is 2. The fourth-order valence-electron chi connectivity index (χ4n) is 2.95. The Hall–Kier alpha value is -1.53. The molecule has 1 atom stereocenters. The van der Waals surface area contributed by atoms with E-state index in [4.69, 9.17) is 21.7 Å². The first kappa shape index (κ1) is 16.3. The van der Waals surface area contributed by atoms with E-state index in [1.807, 2.05) is 6.07 Å². The van der Waals surface area contributed by atoms with Crippen LogP contribution in [0, 0.1) is 0 Å². The molecular weight excluding hydrogens is 310 g/mol. The molecule has 0 aromatic heterocycles. The number of quaternary nitrogens is 1. The molecule has 23 heavy (non-hydrogen) atoms. The Morgan fingerprint density at radius 2 is 2.04 bits per heavy atom. The van der Waals surface area contributed by atoms with E-state index in [0.717, 1.165) is 55.8 Å². The number of hydrogen-bond donors (Lipinski definition) is 2. The highest BCUT2D eigenvalue weighted by atomic mass is 32.1. The van der Waals surface area contributed by atoms with E-state index in [9.17, 15) is 0 Å². The molecule has 0 bridgehead atoms. The van der Waals surface area contributed by atoms with Crippen LogP contribution in [0.5, 0.6) is 11.5 Å². The zero-order valence-electron chi connectivity index (χ0n) is 13.9. The highest BCUT2D eigenvalue weighted by molar-refractivity contribution is 7.80. The van der Waals surface area contributed by atoms with Gasteiger partial charge in [0.2, 0.25) is 6.79 Å². The molecular formula is C17H26N3O2S+. The van der Waals surface area contributed by atoms with Gasteiger partial charge in [-0.3, -0.25) is 0 Å². The van der Waals surface area contributed by atoms with Crippen molar-refractivity contribution in [2.75, 3.05) is 33.0 Å². The number of thiocarbonyl (C=S) groups is 1. The lowest BCUT2D eigenvalue weighted by molar-refractivity contribution is -0.917. The van der Waals surface area contributed by atoms with Crippen LogP contribution in [0.1, 0.15) is 25.8 Å². The van der Waals surface area contributed by atoms with Crippen LogP contribution in [0.15, 0.2) is 18.2 Å². The maximum absolute atomic E-state index is 5.51. The highest BCUT2D eigenvalue weighted by Gasteiger charge is 2.23. The minimum absolute atomic E-state index is 0.338. The van der Waals surface area contributed by atoms with Gasteiger partial charge in [-0.2, -0.15) is 0 Å². The zero-order valence-corrected chi connectivity index (χ0v) is 14.7. The standard InChI is InChI=1S/C17H25N3O2S/c1-3-13(2)18-17(23)20-8-6-19(7-9-20)11-14-4-5-15-16(10-14)22-12-21-15/h4-5,10,13H,3,6-9,11-12H2,1-2H3,(H,18,23)/p+1/t13-/m1/s1. The van der Waals surface area contributed by atoms with E-state index < -0.39 is 0 Å². The van der Waals surface area contributed by atoms with Crippen molar-refractivity contribution in [1.82, 2.24) is 10.2 Å². The second kappa shape index (κ2) is 7.36. The molecule has 5 nitrogen and oxygen atoms in total. The second-order valence-corrected chi connectivity index (χ2v) is 6.75. The van der Waals surface area contributed by atoms with Crippen molar-refractivity contribution in [3.8, 4) is 11.5 Å². The number of benzene rings is 1. The molecule has 2 heterocycles. The molecule has 2 aliphatic heterocycles. The van der Waals surface area contributed by atoms with Crippen molar-refractivity contribution in [2.45, 2.75) is 32.9 Å². The summed E-state index contributed by atoms with van der Waals surface area (Å²) in [5.41, 5.74) is 1.30. The molecule has 1 aromatic rings. The van der Waals surface area contributed by atoms with Crippen LogP contribution in [0.25, 0.3) is 0 Å². The molecule has 2 N–H and O–H groups in total. The minimum atomic E-state index is 0.338. The largest absolute Gasteiger partial charge is 0.454 e. The first-order chi connectivity index (χ1) is 11.2. The van der Waals surface area contributed by atoms with E-state index in [1.165, 1.54) is 5.56 Å². The summed E-state index contributed by atoms with van der Waals surface area (Å²) >= 11 is 5.51. The van der Waals surface area contributed by atoms with E-state index in [-0.39, 0.29) is 0 Å². The van der Waals surface area contributed by atoms with Crippen LogP contribution in [0.3, 0.4) is 0 Å². The normalized spacial score (nSPS) is 18.8. The SMILES string of the molecule is CC[C@@H](C)NC(=S)N1CC[NH+](Cc2ccc3c(c2)OCO3)CC1. The summed E-state index contributed by atoms with van der Waals surface area (Å²) in [7, 11) is 0. The minimum Gasteiger partial charge on any atom is -0.454 e. The maximum Gasteiger partial charge on any atom is 0.231 e. The Morgan fingerprint density at radius 1 is 1.30 bits per heavy atom. The molecule has 0 aliphatic carbocycles. The smallest absolute Gasteiger partial charge is 0.231 e. The first-order valence-corrected chi connectivity index (χ1v) is 8.84. The third-order valence-electron chi connectivity index (χ3n) is 4.63. The van der Waals surface area contributed by atoms with E-state index >= 15 is 0 Å². The van der Waals surface area contributed by atoms with Crippen molar-refractivity contribution in [3.63, 3.8) is 0 Å². The summed E-state index contributed by atoms with van der Waals surface area (Å²) < 4.78 is 10.8. The number of nitrogens with zero attached hydrogens (tertiary/aromatic N) is 1. The van der Waals surface area contributed by atoms with Crippen molar-refractivity contribution in [1.29, 1.82) is 0 Å². The lowest BCUT2D eigenvalue weighted by Gasteiger charge is -2.34. The third-order valence-corrected chi connectivity index (χ3v) is 5.01. The van der Waals surface area contributed by atoms with Crippen molar-refractivity contribution in [2.24, 2.45) is 0 Å². The molecule has 6 heteroatoms. The van der Waals surface area contributed by atoms with Crippen molar-refractivity contribution >= 4 is 17.3 Å². The lowest BCUT2D eigenvalue weighted by Crippen LogP contribution is -3.13. The summed E-state index contributed by atoms with van der Waals surface area (Å²) in [5.74, 6) is 1.73. The number of nitrogens with one attached hydrogen (secondary N) is 2. The van der Waals surface area contributed by atoms with Crippen LogP contribution in [-0.2, 0) is 6.54 Å². The van der Waals surface area contributed by atoms with Gasteiger partial charge in [-0.15, -0.1) is 0 Å². The topological polar surface area (TPSA) is 38.2 Å². The van der Waals surface area contributed by atoms with Crippen LogP contribution in [0.4, 0.5) is 0 Å². The Bertz CT molecular complexity index is 559. The van der Waals surface area contributed by atoms with E-state index in [2.05, 4.69) is 36.2 Å². The fraction of sp³-hybridized carbons (Fsp3) is 0.588. The molecule has 2 aliphatic rings. The number of piperazine rings is 1. The van der Waals surface area contributed by atoms with Gasteiger partial charge >= 0.3 is 0 Å². The maximum atomic E-state index is 5.51. The summed E-state index contributed by atoms with van der Waals surface area (Å²) in [6.07, 6.45) is 1.09. The molecule has 0 saturated carbocycles. The van der Waals surface area contributed by atoms with Gasteiger partial charge in [0.05, 0.1) is 26.2 Å². The predicted octanol–water partition coefficient (Wildman–Crippen LogP) is 0.789. The first-order valence-electron chi connectivity index (χ1n) is 8.43. The summed E-state index contributed by atoms with van der Waals surface area (Å²) in [5, 5.41) is 4.31. The number of fused-ring (bicyclic) bond motifs is 1. The van der Waals surface area contributed by atoms with Gasteiger partial charge in [-0.05, 0) is 43.8 Å². The lowest BCUT2D eigenvalue weighted by atomic mass is 10.1. The Balaban J connectivity index is 1.48. The third kappa shape index (κ3) is 4.06. The van der Waals surface area contributed by atoms with E-state index in [0.29, 0.717) is 12.8 Å². The summed E-state index contributed by atoms with van der Waals surface area (Å²) in [6.45, 7) is 9.96. The molecule has 0 radical (unpaired) electrons. The van der Waals surface area contributed by atoms with E-state index in [1.54, 1.807) is 4.90 Å². The molecule has 0 spiro atoms. The summed E-state index contributed by atoms with van der Waals surface area (Å²) in [4.78, 5) is 3.89. The molecule has 0 amide bonds. The average Bonchev–Trinajstić information content (AvgIpc) is 3.03. The predicted molar refractivity (Wildman–Crippen MR) is 94.0 cm³/mol. The number of hydrogen-bond acceptors (Lipinski definition) is 3. The van der Waals surface area contributed by atoms with Gasteiger partial charge in [0.1, 0.15) is 6.54 Å². The number of rotatable bonds is 4. The average molecular weight is 336 g/mol. The van der Waals surface area contributed by atoms with Crippen LogP contribution < -0.4 is 19.7 Å². The second-order valence-electron chi connectivity index (χ2n) is 6.36. The van der Waals surface area contributed by atoms with Gasteiger partial charge in [0, 0.05) is 11.6 Å². The molecule has 1 aromatic carbocycles. The molecule has 1 saturated heterocycles. The van der Waals surface area contributed by atoms with Gasteiger partial charge in [0.25, 0.3) is 0 Å². The van der Waals surface area contributed by atoms with Crippen LogP contribution in [-0.4, -0.2) is 49.0 Å².